The van der Waals surface area contributed by atoms with Crippen molar-refractivity contribution in [2.75, 3.05) is 53.5 Å². The second-order valence-corrected chi connectivity index (χ2v) is 5.72. The number of nitrogens with zero attached hydrogens (tertiary/aromatic N) is 2. The molecule has 0 aromatic heterocycles. The van der Waals surface area contributed by atoms with E-state index in [9.17, 15) is 5.11 Å². The lowest BCUT2D eigenvalue weighted by molar-refractivity contribution is 0.0181. The molecular weight excluding hydrogens is 228 g/mol. The highest BCUT2D eigenvalue weighted by atomic mass is 16.5. The maximum absolute atomic E-state index is 9.87. The van der Waals surface area contributed by atoms with E-state index in [0.29, 0.717) is 13.2 Å². The third kappa shape index (κ3) is 6.69. The SMILES string of the molecule is CCCCOCC(O)CN(C)CC1CCN(C)C1. The van der Waals surface area contributed by atoms with Crippen molar-refractivity contribution in [3.63, 3.8) is 0 Å². The monoisotopic (exact) mass is 258 g/mol. The van der Waals surface area contributed by atoms with E-state index in [1.54, 1.807) is 0 Å². The van der Waals surface area contributed by atoms with Crippen LogP contribution in [0.3, 0.4) is 0 Å². The molecule has 0 radical (unpaired) electrons. The molecule has 1 heterocycles. The van der Waals surface area contributed by atoms with E-state index in [1.165, 1.54) is 19.5 Å². The molecule has 0 aliphatic carbocycles. The summed E-state index contributed by atoms with van der Waals surface area (Å²) in [5.74, 6) is 0.758. The number of hydrogen-bond donors (Lipinski definition) is 1. The molecule has 0 spiro atoms. The molecule has 4 nitrogen and oxygen atoms in total. The quantitative estimate of drug-likeness (QED) is 0.627. The summed E-state index contributed by atoms with van der Waals surface area (Å²) in [7, 11) is 4.27. The number of likely N-dealkylation sites (tertiary alicyclic amines) is 1. The fourth-order valence-corrected chi connectivity index (χ4v) is 2.57. The van der Waals surface area contributed by atoms with Crippen LogP contribution in [0, 0.1) is 5.92 Å². The minimum absolute atomic E-state index is 0.356. The Morgan fingerprint density at radius 2 is 2.28 bits per heavy atom. The summed E-state index contributed by atoms with van der Waals surface area (Å²) < 4.78 is 5.44. The van der Waals surface area contributed by atoms with Crippen molar-refractivity contribution in [3.05, 3.63) is 0 Å². The first kappa shape index (κ1) is 15.9. The molecule has 0 saturated carbocycles. The molecule has 2 unspecified atom stereocenters. The zero-order valence-corrected chi connectivity index (χ0v) is 12.3. The molecular formula is C14H30N2O2. The Morgan fingerprint density at radius 3 is 2.89 bits per heavy atom. The van der Waals surface area contributed by atoms with E-state index in [1.807, 2.05) is 0 Å². The molecule has 108 valence electrons. The number of likely N-dealkylation sites (N-methyl/N-ethyl adjacent to an activating group) is 1. The highest BCUT2D eigenvalue weighted by molar-refractivity contribution is 4.76. The molecule has 1 rings (SSSR count). The molecule has 1 aliphatic rings. The number of unbranched alkanes of at least 4 members (excludes halogenated alkanes) is 1. The van der Waals surface area contributed by atoms with Crippen molar-refractivity contribution >= 4 is 0 Å². The molecule has 0 aromatic rings. The van der Waals surface area contributed by atoms with E-state index in [2.05, 4.69) is 30.8 Å². The van der Waals surface area contributed by atoms with Gasteiger partial charge in [0.1, 0.15) is 0 Å². The van der Waals surface area contributed by atoms with Crippen LogP contribution in [0.1, 0.15) is 26.2 Å². The highest BCUT2D eigenvalue weighted by Crippen LogP contribution is 2.15. The average Bonchev–Trinajstić information content (AvgIpc) is 2.70. The second-order valence-electron chi connectivity index (χ2n) is 5.72. The summed E-state index contributed by atoms with van der Waals surface area (Å²) >= 11 is 0. The molecule has 1 N–H and O–H groups in total. The van der Waals surface area contributed by atoms with Crippen LogP contribution in [0.15, 0.2) is 0 Å². The smallest absolute Gasteiger partial charge is 0.0900 e. The fourth-order valence-electron chi connectivity index (χ4n) is 2.57. The molecule has 1 aliphatic heterocycles. The molecule has 1 saturated heterocycles. The van der Waals surface area contributed by atoms with E-state index in [-0.39, 0.29) is 6.10 Å². The van der Waals surface area contributed by atoms with Gasteiger partial charge < -0.3 is 19.6 Å². The standard InChI is InChI=1S/C14H30N2O2/c1-4-5-8-18-12-14(17)11-16(3)10-13-6-7-15(2)9-13/h13-14,17H,4-12H2,1-3H3. The predicted octanol–water partition coefficient (Wildman–Crippen LogP) is 1.05. The van der Waals surface area contributed by atoms with Crippen LogP contribution in [0.2, 0.25) is 0 Å². The summed E-state index contributed by atoms with van der Waals surface area (Å²) in [6.07, 6.45) is 3.15. The fraction of sp³-hybridized carbons (Fsp3) is 1.00. The lowest BCUT2D eigenvalue weighted by Gasteiger charge is -2.23. The number of aliphatic hydroxyl groups excluding tert-OH is 1. The summed E-state index contributed by atoms with van der Waals surface area (Å²) in [4.78, 5) is 4.61. The van der Waals surface area contributed by atoms with Gasteiger partial charge in [-0.2, -0.15) is 0 Å². The van der Waals surface area contributed by atoms with E-state index < -0.39 is 0 Å². The Hall–Kier alpha value is -0.160. The minimum Gasteiger partial charge on any atom is -0.389 e. The molecule has 18 heavy (non-hydrogen) atoms. The number of rotatable bonds is 9. The molecule has 2 atom stereocenters. The molecule has 4 heteroatoms. The lowest BCUT2D eigenvalue weighted by Crippen LogP contribution is -2.35. The topological polar surface area (TPSA) is 35.9 Å². The molecule has 0 amide bonds. The van der Waals surface area contributed by atoms with E-state index >= 15 is 0 Å². The van der Waals surface area contributed by atoms with Crippen LogP contribution in [0.5, 0.6) is 0 Å². The van der Waals surface area contributed by atoms with E-state index in [4.69, 9.17) is 4.74 Å². The summed E-state index contributed by atoms with van der Waals surface area (Å²) in [5, 5.41) is 9.87. The van der Waals surface area contributed by atoms with Crippen molar-refractivity contribution in [2.24, 2.45) is 5.92 Å². The first-order chi connectivity index (χ1) is 8.61. The van der Waals surface area contributed by atoms with Crippen LogP contribution in [-0.2, 0) is 4.74 Å². The number of ether oxygens (including phenoxy) is 1. The Morgan fingerprint density at radius 1 is 1.50 bits per heavy atom. The van der Waals surface area contributed by atoms with Crippen molar-refractivity contribution in [3.8, 4) is 0 Å². The highest BCUT2D eigenvalue weighted by Gasteiger charge is 2.21. The largest absolute Gasteiger partial charge is 0.389 e. The maximum atomic E-state index is 9.87. The van der Waals surface area contributed by atoms with E-state index in [0.717, 1.165) is 31.9 Å². The van der Waals surface area contributed by atoms with Gasteiger partial charge in [0.05, 0.1) is 12.7 Å². The molecule has 0 bridgehead atoms. The first-order valence-corrected chi connectivity index (χ1v) is 7.24. The first-order valence-electron chi connectivity index (χ1n) is 7.24. The summed E-state index contributed by atoms with van der Waals surface area (Å²) in [5.41, 5.74) is 0. The average molecular weight is 258 g/mol. The van der Waals surface area contributed by atoms with Gasteiger partial charge in [0.15, 0.2) is 0 Å². The Balaban J connectivity index is 2.05. The van der Waals surface area contributed by atoms with Crippen LogP contribution in [0.25, 0.3) is 0 Å². The normalized spacial score (nSPS) is 22.8. The summed E-state index contributed by atoms with van der Waals surface area (Å²) in [6.45, 7) is 7.57. The van der Waals surface area contributed by atoms with Gasteiger partial charge in [-0.15, -0.1) is 0 Å². The minimum atomic E-state index is -0.356. The van der Waals surface area contributed by atoms with Gasteiger partial charge in [-0.3, -0.25) is 0 Å². The lowest BCUT2D eigenvalue weighted by atomic mass is 10.1. The van der Waals surface area contributed by atoms with Gasteiger partial charge in [-0.05, 0) is 39.4 Å². The third-order valence-electron chi connectivity index (χ3n) is 3.53. The van der Waals surface area contributed by atoms with Crippen molar-refractivity contribution in [2.45, 2.75) is 32.3 Å². The number of aliphatic hydroxyl groups is 1. The van der Waals surface area contributed by atoms with Crippen molar-refractivity contribution < 1.29 is 9.84 Å². The van der Waals surface area contributed by atoms with Gasteiger partial charge in [0.2, 0.25) is 0 Å². The second kappa shape index (κ2) is 8.86. The zero-order valence-electron chi connectivity index (χ0n) is 12.3. The predicted molar refractivity (Wildman–Crippen MR) is 74.8 cm³/mol. The van der Waals surface area contributed by atoms with Crippen LogP contribution >= 0.6 is 0 Å². The third-order valence-corrected chi connectivity index (χ3v) is 3.53. The summed E-state index contributed by atoms with van der Waals surface area (Å²) in [6, 6.07) is 0. The number of hydrogen-bond acceptors (Lipinski definition) is 4. The van der Waals surface area contributed by atoms with Crippen LogP contribution in [0.4, 0.5) is 0 Å². The van der Waals surface area contributed by atoms with Gasteiger partial charge in [-0.25, -0.2) is 0 Å². The Kier molecular flexibility index (Phi) is 7.82. The van der Waals surface area contributed by atoms with Gasteiger partial charge >= 0.3 is 0 Å². The van der Waals surface area contributed by atoms with Crippen molar-refractivity contribution in [1.29, 1.82) is 0 Å². The van der Waals surface area contributed by atoms with Crippen molar-refractivity contribution in [1.82, 2.24) is 9.80 Å². The van der Waals surface area contributed by atoms with Gasteiger partial charge in [-0.1, -0.05) is 13.3 Å². The van der Waals surface area contributed by atoms with Gasteiger partial charge in [0, 0.05) is 26.2 Å². The Labute approximate surface area is 112 Å². The van der Waals surface area contributed by atoms with Crippen LogP contribution in [-0.4, -0.2) is 74.5 Å². The molecule has 0 aromatic carbocycles. The zero-order chi connectivity index (χ0) is 13.4. The van der Waals surface area contributed by atoms with Gasteiger partial charge in [0.25, 0.3) is 0 Å². The Bertz CT molecular complexity index is 214. The molecule has 1 fully saturated rings. The maximum Gasteiger partial charge on any atom is 0.0900 e. The van der Waals surface area contributed by atoms with Crippen LogP contribution < -0.4 is 0 Å².